The molecule has 5 nitrogen and oxygen atoms in total. The third-order valence-electron chi connectivity index (χ3n) is 7.88. The summed E-state index contributed by atoms with van der Waals surface area (Å²) in [6.45, 7) is 20.4. The van der Waals surface area contributed by atoms with E-state index in [1.54, 1.807) is 4.57 Å². The van der Waals surface area contributed by atoms with Crippen LogP contribution in [-0.4, -0.2) is 24.4 Å². The molecule has 1 aromatic heterocycles. The SMILES string of the molecule is CCCCCCCCOc1ccc2c(OC/C=C(\C)CCC=C(C)C)c(OC/C=C(\C)CCC=C(C)C)c(=O)n(C(C)C)c2c1. The second kappa shape index (κ2) is 20.7. The maximum Gasteiger partial charge on any atom is 0.297 e. The van der Waals surface area contributed by atoms with E-state index in [4.69, 9.17) is 14.2 Å². The smallest absolute Gasteiger partial charge is 0.297 e. The Balaban J connectivity index is 2.40. The Kier molecular flexibility index (Phi) is 17.5. The molecule has 0 aliphatic carbocycles. The summed E-state index contributed by atoms with van der Waals surface area (Å²) >= 11 is 0. The Labute approximate surface area is 274 Å². The normalized spacial score (nSPS) is 12.0. The molecular weight excluding hydrogens is 558 g/mol. The lowest BCUT2D eigenvalue weighted by Crippen LogP contribution is -2.25. The molecule has 0 atom stereocenters. The number of hydrogen-bond donors (Lipinski definition) is 0. The van der Waals surface area contributed by atoms with E-state index in [0.29, 0.717) is 25.6 Å². The summed E-state index contributed by atoms with van der Waals surface area (Å²) in [5.74, 6) is 1.54. The molecule has 0 saturated carbocycles. The van der Waals surface area contributed by atoms with Crippen LogP contribution in [0.15, 0.2) is 69.6 Å². The third-order valence-corrected chi connectivity index (χ3v) is 7.88. The fourth-order valence-electron chi connectivity index (χ4n) is 5.20. The zero-order valence-electron chi connectivity index (χ0n) is 29.9. The van der Waals surface area contributed by atoms with Crippen molar-refractivity contribution < 1.29 is 14.2 Å². The number of nitrogens with zero attached hydrogens (tertiary/aromatic N) is 1. The highest BCUT2D eigenvalue weighted by Crippen LogP contribution is 2.36. The number of unbranched alkanes of at least 4 members (excludes halogenated alkanes) is 5. The summed E-state index contributed by atoms with van der Waals surface area (Å²) in [6.07, 6.45) is 19.9. The van der Waals surface area contributed by atoms with Crippen molar-refractivity contribution in [2.45, 2.75) is 133 Å². The first-order valence-corrected chi connectivity index (χ1v) is 17.2. The molecule has 0 bridgehead atoms. The summed E-state index contributed by atoms with van der Waals surface area (Å²) in [4.78, 5) is 14.0. The van der Waals surface area contributed by atoms with Gasteiger partial charge in [-0.05, 0) is 112 Å². The summed E-state index contributed by atoms with van der Waals surface area (Å²) in [7, 11) is 0. The fraction of sp³-hybridized carbons (Fsp3) is 0.575. The van der Waals surface area contributed by atoms with Crippen molar-refractivity contribution in [2.75, 3.05) is 19.8 Å². The van der Waals surface area contributed by atoms with Crippen LogP contribution >= 0.6 is 0 Å². The Morgan fingerprint density at radius 3 is 1.84 bits per heavy atom. The minimum Gasteiger partial charge on any atom is -0.494 e. The number of pyridine rings is 1. The number of aromatic nitrogens is 1. The van der Waals surface area contributed by atoms with Gasteiger partial charge in [-0.2, -0.15) is 0 Å². The molecule has 5 heteroatoms. The van der Waals surface area contributed by atoms with E-state index in [2.05, 4.69) is 72.8 Å². The first-order chi connectivity index (χ1) is 21.5. The first-order valence-electron chi connectivity index (χ1n) is 17.2. The Bertz CT molecular complexity index is 1360. The van der Waals surface area contributed by atoms with Crippen molar-refractivity contribution in [3.63, 3.8) is 0 Å². The van der Waals surface area contributed by atoms with Crippen molar-refractivity contribution in [3.05, 3.63) is 75.1 Å². The number of fused-ring (bicyclic) bond motifs is 1. The summed E-state index contributed by atoms with van der Waals surface area (Å²) in [5.41, 5.74) is 5.77. The van der Waals surface area contributed by atoms with Gasteiger partial charge in [-0.15, -0.1) is 0 Å². The third kappa shape index (κ3) is 13.8. The molecule has 1 aromatic carbocycles. The molecule has 0 N–H and O–H groups in total. The number of allylic oxidation sites excluding steroid dienone is 6. The van der Waals surface area contributed by atoms with Gasteiger partial charge in [-0.1, -0.05) is 73.5 Å². The van der Waals surface area contributed by atoms with E-state index in [9.17, 15) is 4.79 Å². The Morgan fingerprint density at radius 2 is 1.29 bits per heavy atom. The first kappa shape index (κ1) is 38.0. The van der Waals surface area contributed by atoms with Crippen LogP contribution in [0.25, 0.3) is 10.9 Å². The van der Waals surface area contributed by atoms with Crippen LogP contribution < -0.4 is 19.8 Å². The lowest BCUT2D eigenvalue weighted by atomic mass is 10.1. The van der Waals surface area contributed by atoms with E-state index in [1.165, 1.54) is 54.4 Å². The van der Waals surface area contributed by atoms with Crippen LogP contribution in [0.4, 0.5) is 0 Å². The Hall–Kier alpha value is -3.21. The molecule has 0 spiro atoms. The topological polar surface area (TPSA) is 49.7 Å². The van der Waals surface area contributed by atoms with Crippen LogP contribution in [0, 0.1) is 0 Å². The molecule has 0 aliphatic rings. The lowest BCUT2D eigenvalue weighted by Gasteiger charge is -2.21. The average molecular weight is 620 g/mol. The molecule has 0 amide bonds. The zero-order chi connectivity index (χ0) is 33.2. The van der Waals surface area contributed by atoms with Gasteiger partial charge >= 0.3 is 0 Å². The van der Waals surface area contributed by atoms with E-state index in [-0.39, 0.29) is 17.4 Å². The van der Waals surface area contributed by atoms with Gasteiger partial charge in [0.1, 0.15) is 19.0 Å². The standard InChI is InChI=1S/C40H61NO4/c1-10-11-12-13-14-15-26-43-35-22-23-36-37(29-35)41(32(6)7)40(42)39(45-28-25-34(9)21-17-19-31(4)5)38(36)44-27-24-33(8)20-16-18-30(2)3/h18-19,22-25,29,32H,10-17,20-21,26-28H2,1-9H3/b33-24+,34-25+. The number of hydrogen-bond acceptors (Lipinski definition) is 4. The lowest BCUT2D eigenvalue weighted by molar-refractivity contribution is 0.301. The molecule has 2 aromatic rings. The van der Waals surface area contributed by atoms with Crippen molar-refractivity contribution in [2.24, 2.45) is 0 Å². The summed E-state index contributed by atoms with van der Waals surface area (Å²) in [5, 5.41) is 0.852. The van der Waals surface area contributed by atoms with Gasteiger partial charge in [0.05, 0.1) is 12.1 Å². The number of rotatable bonds is 21. The van der Waals surface area contributed by atoms with Gasteiger partial charge in [0.15, 0.2) is 5.75 Å². The largest absolute Gasteiger partial charge is 0.494 e. The molecule has 0 unspecified atom stereocenters. The fourth-order valence-corrected chi connectivity index (χ4v) is 5.20. The van der Waals surface area contributed by atoms with E-state index in [0.717, 1.165) is 48.8 Å². The maximum absolute atomic E-state index is 14.0. The van der Waals surface area contributed by atoms with Crippen LogP contribution in [0.2, 0.25) is 0 Å². The predicted molar refractivity (Wildman–Crippen MR) is 193 cm³/mol. The van der Waals surface area contributed by atoms with Crippen molar-refractivity contribution >= 4 is 10.9 Å². The van der Waals surface area contributed by atoms with Gasteiger partial charge in [0.2, 0.25) is 5.75 Å². The molecule has 0 aliphatic heterocycles. The maximum atomic E-state index is 14.0. The molecular formula is C40H61NO4. The molecule has 0 saturated heterocycles. The second-order valence-corrected chi connectivity index (χ2v) is 13.1. The average Bonchev–Trinajstić information content (AvgIpc) is 2.97. The van der Waals surface area contributed by atoms with Crippen LogP contribution in [0.1, 0.15) is 133 Å². The zero-order valence-corrected chi connectivity index (χ0v) is 29.9. The van der Waals surface area contributed by atoms with Gasteiger partial charge in [-0.25, -0.2) is 0 Å². The quantitative estimate of drug-likeness (QED) is 0.103. The van der Waals surface area contributed by atoms with Crippen LogP contribution in [0.5, 0.6) is 17.2 Å². The molecule has 0 radical (unpaired) electrons. The second-order valence-electron chi connectivity index (χ2n) is 13.1. The summed E-state index contributed by atoms with van der Waals surface area (Å²) < 4.78 is 20.6. The van der Waals surface area contributed by atoms with Crippen LogP contribution in [0.3, 0.4) is 0 Å². The molecule has 45 heavy (non-hydrogen) atoms. The van der Waals surface area contributed by atoms with E-state index < -0.39 is 0 Å². The number of ether oxygens (including phenoxy) is 3. The molecule has 0 fully saturated rings. The van der Waals surface area contributed by atoms with E-state index in [1.807, 2.05) is 32.0 Å². The summed E-state index contributed by atoms with van der Waals surface area (Å²) in [6, 6.07) is 5.92. The minimum atomic E-state index is -0.180. The van der Waals surface area contributed by atoms with Gasteiger partial charge in [-0.3, -0.25) is 4.79 Å². The molecule has 2 rings (SSSR count). The van der Waals surface area contributed by atoms with Gasteiger partial charge in [0.25, 0.3) is 5.56 Å². The highest BCUT2D eigenvalue weighted by atomic mass is 16.5. The highest BCUT2D eigenvalue weighted by Gasteiger charge is 2.21. The molecule has 1 heterocycles. The van der Waals surface area contributed by atoms with Gasteiger partial charge < -0.3 is 18.8 Å². The van der Waals surface area contributed by atoms with Crippen LogP contribution in [-0.2, 0) is 0 Å². The monoisotopic (exact) mass is 619 g/mol. The van der Waals surface area contributed by atoms with Crippen molar-refractivity contribution in [1.29, 1.82) is 0 Å². The van der Waals surface area contributed by atoms with Crippen molar-refractivity contribution in [1.82, 2.24) is 4.57 Å². The Morgan fingerprint density at radius 1 is 0.733 bits per heavy atom. The highest BCUT2D eigenvalue weighted by molar-refractivity contribution is 5.89. The van der Waals surface area contributed by atoms with Gasteiger partial charge in [0, 0.05) is 17.5 Å². The number of benzene rings is 1. The predicted octanol–water partition coefficient (Wildman–Crippen LogP) is 11.5. The molecule has 250 valence electrons. The minimum absolute atomic E-state index is 0.0659. The van der Waals surface area contributed by atoms with E-state index >= 15 is 0 Å². The van der Waals surface area contributed by atoms with Crippen molar-refractivity contribution in [3.8, 4) is 17.2 Å².